The Morgan fingerprint density at radius 3 is 2.64 bits per heavy atom. The molecule has 12 heteroatoms. The van der Waals surface area contributed by atoms with Gasteiger partial charge in [0.1, 0.15) is 28.8 Å². The van der Waals surface area contributed by atoms with E-state index in [1.54, 1.807) is 41.9 Å². The van der Waals surface area contributed by atoms with Crippen molar-refractivity contribution in [1.82, 2.24) is 29.2 Å². The fraction of sp³-hybridized carbons (Fsp3) is 0.296. The third-order valence-corrected chi connectivity index (χ3v) is 6.98. The van der Waals surface area contributed by atoms with Gasteiger partial charge < -0.3 is 9.64 Å². The Morgan fingerprint density at radius 1 is 1.21 bits per heavy atom. The van der Waals surface area contributed by atoms with Crippen molar-refractivity contribution in [2.45, 2.75) is 39.7 Å². The van der Waals surface area contributed by atoms with Crippen molar-refractivity contribution < 1.29 is 21.1 Å². The molecular formula is C27H25ClF2N6O3. The molecule has 1 fully saturated rings. The number of aryl methyl sites for hydroxylation is 2. The number of aromatic nitrogens is 5. The summed E-state index contributed by atoms with van der Waals surface area (Å²) < 4.78 is 52.0. The van der Waals surface area contributed by atoms with Gasteiger partial charge in [0, 0.05) is 61.7 Å². The lowest BCUT2D eigenvalue weighted by molar-refractivity contribution is -0.136. The number of likely N-dealkylation sites (tertiary alicyclic amines) is 1. The number of hydrogen-bond donors (Lipinski definition) is 0. The second kappa shape index (κ2) is 9.88. The van der Waals surface area contributed by atoms with Crippen LogP contribution >= 0.6 is 11.6 Å². The molecule has 39 heavy (non-hydrogen) atoms. The van der Waals surface area contributed by atoms with Gasteiger partial charge in [0.05, 0.1) is 20.3 Å². The first kappa shape index (κ1) is 24.0. The number of rotatable bonds is 6. The van der Waals surface area contributed by atoms with E-state index in [-0.39, 0.29) is 17.1 Å². The van der Waals surface area contributed by atoms with Crippen molar-refractivity contribution in [1.29, 1.82) is 0 Å². The van der Waals surface area contributed by atoms with E-state index in [9.17, 15) is 18.4 Å². The van der Waals surface area contributed by atoms with E-state index in [1.807, 2.05) is 13.0 Å². The van der Waals surface area contributed by atoms with E-state index in [2.05, 4.69) is 15.1 Å². The molecule has 0 spiro atoms. The zero-order valence-corrected chi connectivity index (χ0v) is 22.3. The van der Waals surface area contributed by atoms with Crippen LogP contribution in [0, 0.1) is 25.5 Å². The normalized spacial score (nSPS) is 15.4. The quantitative estimate of drug-likeness (QED) is 0.355. The Morgan fingerprint density at radius 2 is 1.95 bits per heavy atom. The first-order chi connectivity index (χ1) is 19.2. The summed E-state index contributed by atoms with van der Waals surface area (Å²) in [5, 5.41) is 4.22. The highest BCUT2D eigenvalue weighted by Crippen LogP contribution is 2.33. The minimum atomic E-state index is -2.86. The van der Waals surface area contributed by atoms with E-state index < -0.39 is 34.5 Å². The molecule has 0 bridgehead atoms. The molecule has 5 heterocycles. The van der Waals surface area contributed by atoms with Crippen LogP contribution in [0.1, 0.15) is 39.2 Å². The number of pyridine rings is 3. The largest absolute Gasteiger partial charge is 0.485 e. The first-order valence-corrected chi connectivity index (χ1v) is 12.3. The van der Waals surface area contributed by atoms with E-state index in [1.165, 1.54) is 17.6 Å². The molecule has 0 aliphatic carbocycles. The van der Waals surface area contributed by atoms with E-state index in [4.69, 9.17) is 19.1 Å². The summed E-state index contributed by atoms with van der Waals surface area (Å²) in [6, 6.07) is 5.35. The highest BCUT2D eigenvalue weighted by atomic mass is 35.5. The summed E-state index contributed by atoms with van der Waals surface area (Å²) in [6.45, 7) is 5.19. The van der Waals surface area contributed by atoms with Gasteiger partial charge in [0.2, 0.25) is 5.91 Å². The molecule has 0 saturated carbocycles. The van der Waals surface area contributed by atoms with Gasteiger partial charge in [-0.3, -0.25) is 19.1 Å². The van der Waals surface area contributed by atoms with Gasteiger partial charge in [-0.15, -0.1) is 0 Å². The minimum Gasteiger partial charge on any atom is -0.485 e. The summed E-state index contributed by atoms with van der Waals surface area (Å²) >= 11 is 6.34. The van der Waals surface area contributed by atoms with E-state index >= 15 is 0 Å². The van der Waals surface area contributed by atoms with Gasteiger partial charge in [0.15, 0.2) is 11.6 Å². The van der Waals surface area contributed by atoms with Crippen molar-refractivity contribution in [3.63, 3.8) is 0 Å². The van der Waals surface area contributed by atoms with E-state index in [0.29, 0.717) is 48.1 Å². The second-order valence-electron chi connectivity index (χ2n) is 9.70. The molecule has 9 nitrogen and oxygen atoms in total. The molecule has 0 atom stereocenters. The number of carbonyl (C=O) groups is 1. The number of ether oxygens (including phenoxy) is 1. The summed E-state index contributed by atoms with van der Waals surface area (Å²) in [7, 11) is 0. The Balaban J connectivity index is 1.48. The molecule has 0 N–H and O–H groups in total. The van der Waals surface area contributed by atoms with Crippen LogP contribution < -0.4 is 10.3 Å². The zero-order valence-electron chi connectivity index (χ0n) is 23.5. The molecule has 202 valence electrons. The minimum absolute atomic E-state index is 0.0121. The highest BCUT2D eigenvalue weighted by molar-refractivity contribution is 6.31. The topological polar surface area (TPSA) is 95.1 Å². The number of halogens is 3. The predicted octanol–water partition coefficient (Wildman–Crippen LogP) is 4.06. The van der Waals surface area contributed by atoms with Gasteiger partial charge in [-0.1, -0.05) is 18.5 Å². The fourth-order valence-corrected chi connectivity index (χ4v) is 4.65. The van der Waals surface area contributed by atoms with E-state index in [0.717, 1.165) is 5.69 Å². The number of carbonyl (C=O) groups excluding carboxylic acids is 1. The molecule has 0 radical (unpaired) electrons. The van der Waals surface area contributed by atoms with Crippen molar-refractivity contribution in [3.8, 4) is 17.3 Å². The monoisotopic (exact) mass is 556 g/mol. The molecule has 5 rings (SSSR count). The Hall–Kier alpha value is -4.12. The molecule has 1 amide bonds. The Labute approximate surface area is 230 Å². The molecule has 1 aliphatic heterocycles. The van der Waals surface area contributed by atoms with Gasteiger partial charge in [-0.2, -0.15) is 5.10 Å². The lowest BCUT2D eigenvalue weighted by Crippen LogP contribution is -2.59. The third kappa shape index (κ3) is 4.89. The summed E-state index contributed by atoms with van der Waals surface area (Å²) in [5.74, 6) is -2.12. The second-order valence-corrected chi connectivity index (χ2v) is 10.1. The fourth-order valence-electron chi connectivity index (χ4n) is 4.47. The molecular weight excluding hydrogens is 530 g/mol. The maximum atomic E-state index is 14.2. The van der Waals surface area contributed by atoms with Gasteiger partial charge in [0.25, 0.3) is 5.56 Å². The van der Waals surface area contributed by atoms with Crippen LogP contribution in [0.15, 0.2) is 47.7 Å². The SMILES string of the molecule is [2H]C([2H])(Oc1cc(C)n(-c2cc(-n3ccc(C4(C)CN(C(C)=O)C4)n3)ncc2C)c(=O)c1Cl)c1ncc(F)cc1F. The maximum Gasteiger partial charge on any atom is 0.277 e. The lowest BCUT2D eigenvalue weighted by Gasteiger charge is -2.46. The number of amides is 1. The van der Waals surface area contributed by atoms with Crippen molar-refractivity contribution in [2.75, 3.05) is 13.1 Å². The Kier molecular flexibility index (Phi) is 6.07. The zero-order chi connectivity index (χ0) is 29.9. The van der Waals surface area contributed by atoms with Gasteiger partial charge in [-0.25, -0.2) is 18.4 Å². The van der Waals surface area contributed by atoms with Gasteiger partial charge in [-0.05, 0) is 25.5 Å². The van der Waals surface area contributed by atoms with Crippen LogP contribution in [0.3, 0.4) is 0 Å². The highest BCUT2D eigenvalue weighted by Gasteiger charge is 2.43. The van der Waals surface area contributed by atoms with Crippen molar-refractivity contribution in [3.05, 3.63) is 92.5 Å². The standard InChI is InChI=1S/C27H25ClF2N6O3/c1-15-10-32-24(35-6-5-23(33-35)27(4)13-34(14-27)17(3)37)9-21(15)36-16(2)7-22(25(28)26(36)38)39-12-20-19(30)8-18(29)11-31-20/h5-11H,12-14H2,1-4H3/i12D2. The number of nitrogens with zero attached hydrogens (tertiary/aromatic N) is 6. The molecule has 0 unspecified atom stereocenters. The van der Waals surface area contributed by atoms with Crippen LogP contribution in [-0.2, 0) is 16.8 Å². The molecule has 1 aliphatic rings. The van der Waals surface area contributed by atoms with Crippen LogP contribution in [0.2, 0.25) is 5.02 Å². The third-order valence-electron chi connectivity index (χ3n) is 6.63. The maximum absolute atomic E-state index is 14.2. The van der Waals surface area contributed by atoms with Crippen LogP contribution in [-0.4, -0.2) is 48.2 Å². The molecule has 4 aromatic heterocycles. The average molecular weight is 557 g/mol. The Bertz CT molecular complexity index is 1750. The first-order valence-electron chi connectivity index (χ1n) is 12.9. The molecule has 4 aromatic rings. The lowest BCUT2D eigenvalue weighted by atomic mass is 9.79. The van der Waals surface area contributed by atoms with Crippen LogP contribution in [0.4, 0.5) is 8.78 Å². The van der Waals surface area contributed by atoms with Crippen molar-refractivity contribution in [2.24, 2.45) is 0 Å². The molecule has 1 saturated heterocycles. The van der Waals surface area contributed by atoms with Gasteiger partial charge >= 0.3 is 0 Å². The van der Waals surface area contributed by atoms with Crippen LogP contribution in [0.25, 0.3) is 11.5 Å². The summed E-state index contributed by atoms with van der Waals surface area (Å²) in [5.41, 5.74) is 0.455. The predicted molar refractivity (Wildman–Crippen MR) is 140 cm³/mol. The summed E-state index contributed by atoms with van der Waals surface area (Å²) in [6.07, 6.45) is 3.99. The van der Waals surface area contributed by atoms with Crippen molar-refractivity contribution >= 4 is 17.5 Å². The molecule has 0 aromatic carbocycles. The smallest absolute Gasteiger partial charge is 0.277 e. The average Bonchev–Trinajstić information content (AvgIpc) is 3.36. The number of hydrogen-bond acceptors (Lipinski definition) is 6. The summed E-state index contributed by atoms with van der Waals surface area (Å²) in [4.78, 5) is 34.7. The van der Waals surface area contributed by atoms with Crippen LogP contribution in [0.5, 0.6) is 5.75 Å².